The van der Waals surface area contributed by atoms with E-state index < -0.39 is 0 Å². The highest BCUT2D eigenvalue weighted by molar-refractivity contribution is 5.91. The summed E-state index contributed by atoms with van der Waals surface area (Å²) < 4.78 is 0. The largest absolute Gasteiger partial charge is 0.321 e. The molecule has 0 fully saturated rings. The van der Waals surface area contributed by atoms with Crippen molar-refractivity contribution in [3.63, 3.8) is 0 Å². The van der Waals surface area contributed by atoms with Gasteiger partial charge in [0, 0.05) is 16.5 Å². The summed E-state index contributed by atoms with van der Waals surface area (Å²) in [6, 6.07) is 7.89. The number of H-pyrrole nitrogens is 1. The first kappa shape index (κ1) is 9.16. The van der Waals surface area contributed by atoms with E-state index in [0.717, 1.165) is 28.5 Å². The SMILES string of the molecule is O=c1[nH]c2ccccc2c2c1C=CCC=C2. The van der Waals surface area contributed by atoms with Gasteiger partial charge in [0.1, 0.15) is 0 Å². The van der Waals surface area contributed by atoms with Crippen LogP contribution in [0.4, 0.5) is 0 Å². The van der Waals surface area contributed by atoms with Crippen molar-refractivity contribution in [2.75, 3.05) is 0 Å². The van der Waals surface area contributed by atoms with Gasteiger partial charge in [-0.15, -0.1) is 0 Å². The van der Waals surface area contributed by atoms with E-state index in [-0.39, 0.29) is 5.56 Å². The van der Waals surface area contributed by atoms with E-state index in [4.69, 9.17) is 0 Å². The molecular weight excluding hydrogens is 198 g/mol. The van der Waals surface area contributed by atoms with Crippen LogP contribution in [0.25, 0.3) is 23.1 Å². The molecule has 78 valence electrons. The smallest absolute Gasteiger partial charge is 0.256 e. The van der Waals surface area contributed by atoms with E-state index in [9.17, 15) is 4.79 Å². The van der Waals surface area contributed by atoms with Gasteiger partial charge < -0.3 is 4.98 Å². The number of rotatable bonds is 0. The Labute approximate surface area is 92.9 Å². The lowest BCUT2D eigenvalue weighted by molar-refractivity contribution is 1.28. The van der Waals surface area contributed by atoms with Crippen molar-refractivity contribution < 1.29 is 0 Å². The Balaban J connectivity index is 2.52. The average Bonchev–Trinajstić information content (AvgIpc) is 2.55. The Kier molecular flexibility index (Phi) is 2.00. The molecule has 0 atom stereocenters. The summed E-state index contributed by atoms with van der Waals surface area (Å²) in [4.78, 5) is 14.8. The number of fused-ring (bicyclic) bond motifs is 3. The van der Waals surface area contributed by atoms with Crippen molar-refractivity contribution >= 4 is 23.1 Å². The molecule has 3 rings (SSSR count). The molecule has 1 aromatic heterocycles. The predicted molar refractivity (Wildman–Crippen MR) is 67.3 cm³/mol. The highest BCUT2D eigenvalue weighted by Gasteiger charge is 2.08. The molecule has 16 heavy (non-hydrogen) atoms. The Morgan fingerprint density at radius 1 is 1.00 bits per heavy atom. The van der Waals surface area contributed by atoms with Gasteiger partial charge in [0.2, 0.25) is 0 Å². The highest BCUT2D eigenvalue weighted by Crippen LogP contribution is 2.22. The monoisotopic (exact) mass is 209 g/mol. The average molecular weight is 209 g/mol. The normalized spacial score (nSPS) is 13.8. The Morgan fingerprint density at radius 2 is 1.75 bits per heavy atom. The Morgan fingerprint density at radius 3 is 2.62 bits per heavy atom. The lowest BCUT2D eigenvalue weighted by Gasteiger charge is -2.05. The van der Waals surface area contributed by atoms with E-state index in [1.54, 1.807) is 0 Å². The van der Waals surface area contributed by atoms with Crippen LogP contribution in [0.1, 0.15) is 17.5 Å². The zero-order chi connectivity index (χ0) is 11.0. The first-order valence-electron chi connectivity index (χ1n) is 5.34. The summed E-state index contributed by atoms with van der Waals surface area (Å²) in [7, 11) is 0. The molecular formula is C14H11NO. The summed E-state index contributed by atoms with van der Waals surface area (Å²) in [5.74, 6) is 0. The maximum atomic E-state index is 11.9. The van der Waals surface area contributed by atoms with Crippen LogP contribution in [0, 0.1) is 0 Å². The quantitative estimate of drug-likeness (QED) is 0.711. The van der Waals surface area contributed by atoms with Gasteiger partial charge >= 0.3 is 0 Å². The molecule has 2 aromatic rings. The molecule has 0 aliphatic heterocycles. The minimum Gasteiger partial charge on any atom is -0.321 e. The molecule has 1 heterocycles. The second kappa shape index (κ2) is 3.49. The molecule has 2 nitrogen and oxygen atoms in total. The molecule has 0 spiro atoms. The van der Waals surface area contributed by atoms with E-state index in [2.05, 4.69) is 11.1 Å². The van der Waals surface area contributed by atoms with Crippen molar-refractivity contribution in [1.82, 2.24) is 4.98 Å². The van der Waals surface area contributed by atoms with Crippen molar-refractivity contribution in [1.29, 1.82) is 0 Å². The summed E-state index contributed by atoms with van der Waals surface area (Å²) in [6.07, 6.45) is 8.90. The predicted octanol–water partition coefficient (Wildman–Crippen LogP) is 2.96. The number of nitrogens with one attached hydrogen (secondary N) is 1. The maximum Gasteiger partial charge on any atom is 0.256 e. The van der Waals surface area contributed by atoms with Crippen molar-refractivity contribution in [2.45, 2.75) is 6.42 Å². The number of benzene rings is 1. The lowest BCUT2D eigenvalue weighted by atomic mass is 10.0. The van der Waals surface area contributed by atoms with Crippen LogP contribution in [-0.4, -0.2) is 4.98 Å². The molecule has 0 amide bonds. The van der Waals surface area contributed by atoms with Crippen LogP contribution in [-0.2, 0) is 0 Å². The number of hydrogen-bond donors (Lipinski definition) is 1. The van der Waals surface area contributed by atoms with Gasteiger partial charge in [-0.3, -0.25) is 4.79 Å². The van der Waals surface area contributed by atoms with Crippen LogP contribution in [0.2, 0.25) is 0 Å². The van der Waals surface area contributed by atoms with Crippen LogP contribution in [0.5, 0.6) is 0 Å². The maximum absolute atomic E-state index is 11.9. The Bertz CT molecular complexity index is 662. The number of para-hydroxylation sites is 1. The summed E-state index contributed by atoms with van der Waals surface area (Å²) >= 11 is 0. The molecule has 0 unspecified atom stereocenters. The number of hydrogen-bond acceptors (Lipinski definition) is 1. The van der Waals surface area contributed by atoms with Crippen LogP contribution < -0.4 is 5.56 Å². The molecule has 1 N–H and O–H groups in total. The molecule has 0 radical (unpaired) electrons. The fraction of sp³-hybridized carbons (Fsp3) is 0.0714. The molecule has 0 bridgehead atoms. The number of pyridine rings is 1. The molecule has 1 aromatic carbocycles. The third kappa shape index (κ3) is 1.31. The van der Waals surface area contributed by atoms with Gasteiger partial charge in [-0.2, -0.15) is 0 Å². The van der Waals surface area contributed by atoms with Crippen molar-refractivity contribution in [3.05, 3.63) is 57.9 Å². The van der Waals surface area contributed by atoms with E-state index >= 15 is 0 Å². The number of allylic oxidation sites excluding steroid dienone is 2. The van der Waals surface area contributed by atoms with Crippen LogP contribution >= 0.6 is 0 Å². The van der Waals surface area contributed by atoms with Crippen molar-refractivity contribution in [3.8, 4) is 0 Å². The second-order valence-corrected chi connectivity index (χ2v) is 3.87. The summed E-state index contributed by atoms with van der Waals surface area (Å²) in [6.45, 7) is 0. The summed E-state index contributed by atoms with van der Waals surface area (Å²) in [5, 5.41) is 1.10. The molecule has 0 saturated heterocycles. The van der Waals surface area contributed by atoms with E-state index in [0.29, 0.717) is 0 Å². The van der Waals surface area contributed by atoms with E-state index in [1.807, 2.05) is 42.5 Å². The van der Waals surface area contributed by atoms with Crippen molar-refractivity contribution in [2.24, 2.45) is 0 Å². The summed E-state index contributed by atoms with van der Waals surface area (Å²) in [5.41, 5.74) is 2.66. The first-order valence-corrected chi connectivity index (χ1v) is 5.34. The zero-order valence-corrected chi connectivity index (χ0v) is 8.73. The molecule has 1 aliphatic rings. The van der Waals surface area contributed by atoms with E-state index in [1.165, 1.54) is 0 Å². The number of aromatic amines is 1. The fourth-order valence-corrected chi connectivity index (χ4v) is 2.08. The molecule has 0 saturated carbocycles. The van der Waals surface area contributed by atoms with Gasteiger partial charge in [-0.05, 0) is 18.1 Å². The van der Waals surface area contributed by atoms with Crippen LogP contribution in [0.3, 0.4) is 0 Å². The minimum atomic E-state index is -0.0171. The topological polar surface area (TPSA) is 32.9 Å². The molecule has 2 heteroatoms. The lowest BCUT2D eigenvalue weighted by Crippen LogP contribution is -2.11. The Hall–Kier alpha value is -2.09. The third-order valence-electron chi connectivity index (χ3n) is 2.84. The third-order valence-corrected chi connectivity index (χ3v) is 2.84. The highest BCUT2D eigenvalue weighted by atomic mass is 16.1. The van der Waals surface area contributed by atoms with Gasteiger partial charge in [-0.1, -0.05) is 42.5 Å². The first-order chi connectivity index (χ1) is 7.86. The van der Waals surface area contributed by atoms with Gasteiger partial charge in [0.25, 0.3) is 5.56 Å². The number of aromatic nitrogens is 1. The molecule has 1 aliphatic carbocycles. The second-order valence-electron chi connectivity index (χ2n) is 3.87. The standard InChI is InChI=1S/C14H11NO/c16-14-12-8-3-1-2-6-10(12)11-7-4-5-9-13(11)15-14/h2-9H,1H2,(H,15,16). The minimum absolute atomic E-state index is 0.0171. The fourth-order valence-electron chi connectivity index (χ4n) is 2.08. The van der Waals surface area contributed by atoms with Gasteiger partial charge in [0.05, 0.1) is 0 Å². The zero-order valence-electron chi connectivity index (χ0n) is 8.73. The van der Waals surface area contributed by atoms with Crippen LogP contribution in [0.15, 0.2) is 41.2 Å². The van der Waals surface area contributed by atoms with Gasteiger partial charge in [0.15, 0.2) is 0 Å². The van der Waals surface area contributed by atoms with Gasteiger partial charge in [-0.25, -0.2) is 0 Å².